The summed E-state index contributed by atoms with van der Waals surface area (Å²) < 4.78 is 5.36. The van der Waals surface area contributed by atoms with Crippen molar-refractivity contribution >= 4 is 5.91 Å². The quantitative estimate of drug-likeness (QED) is 0.652. The summed E-state index contributed by atoms with van der Waals surface area (Å²) in [4.78, 5) is 11.4. The number of hydrogen-bond acceptors (Lipinski definition) is 4. The van der Waals surface area contributed by atoms with Gasteiger partial charge in [0.25, 0.3) is 5.91 Å². The molecule has 1 aromatic rings. The molecule has 0 radical (unpaired) electrons. The summed E-state index contributed by atoms with van der Waals surface area (Å²) >= 11 is 0. The fraction of sp³-hybridized carbons (Fsp3) is 0.417. The van der Waals surface area contributed by atoms with Crippen molar-refractivity contribution in [1.82, 2.24) is 5.32 Å². The van der Waals surface area contributed by atoms with Gasteiger partial charge in [0, 0.05) is 18.2 Å². The fourth-order valence-corrected chi connectivity index (χ4v) is 1.32. The van der Waals surface area contributed by atoms with E-state index in [0.717, 1.165) is 5.56 Å². The van der Waals surface area contributed by atoms with E-state index >= 15 is 0 Å². The van der Waals surface area contributed by atoms with Gasteiger partial charge in [0.15, 0.2) is 6.61 Å². The maximum absolute atomic E-state index is 11.4. The zero-order valence-electron chi connectivity index (χ0n) is 9.85. The summed E-state index contributed by atoms with van der Waals surface area (Å²) in [6.45, 7) is 1.91. The molecular formula is C12H18N2O3. The van der Waals surface area contributed by atoms with Gasteiger partial charge in [-0.05, 0) is 13.0 Å². The molecule has 0 bridgehead atoms. The summed E-state index contributed by atoms with van der Waals surface area (Å²) in [6, 6.07) is 7.04. The molecule has 5 nitrogen and oxygen atoms in total. The molecule has 0 saturated heterocycles. The topological polar surface area (TPSA) is 84.6 Å². The second-order valence-corrected chi connectivity index (χ2v) is 3.75. The number of hydrogen-bond donors (Lipinski definition) is 3. The van der Waals surface area contributed by atoms with E-state index in [1.807, 2.05) is 18.2 Å². The Morgan fingerprint density at radius 2 is 2.24 bits per heavy atom. The smallest absolute Gasteiger partial charge is 0.258 e. The molecule has 0 spiro atoms. The molecule has 0 saturated carbocycles. The number of carbonyl (C=O) groups excluding carboxylic acids is 1. The summed E-state index contributed by atoms with van der Waals surface area (Å²) in [7, 11) is 0. The monoisotopic (exact) mass is 238 g/mol. The standard InChI is InChI=1S/C12H18N2O3/c1-9(7-15)14-12(16)8-17-11-5-3-2-4-10(11)6-13/h2-5,9,15H,6-8,13H2,1H3,(H,14,16)/t9-/m0/s1. The van der Waals surface area contributed by atoms with Crippen molar-refractivity contribution in [2.24, 2.45) is 5.73 Å². The lowest BCUT2D eigenvalue weighted by molar-refractivity contribution is -0.124. The predicted molar refractivity (Wildman–Crippen MR) is 64.5 cm³/mol. The van der Waals surface area contributed by atoms with Gasteiger partial charge < -0.3 is 20.9 Å². The third-order valence-electron chi connectivity index (χ3n) is 2.23. The SMILES string of the molecule is C[C@@H](CO)NC(=O)COc1ccccc1CN. The van der Waals surface area contributed by atoms with E-state index in [2.05, 4.69) is 5.32 Å². The summed E-state index contributed by atoms with van der Waals surface area (Å²) in [6.07, 6.45) is 0. The Balaban J connectivity index is 2.47. The first-order valence-corrected chi connectivity index (χ1v) is 5.48. The highest BCUT2D eigenvalue weighted by atomic mass is 16.5. The van der Waals surface area contributed by atoms with Crippen LogP contribution in [-0.4, -0.2) is 30.3 Å². The number of rotatable bonds is 6. The molecule has 0 aliphatic heterocycles. The normalized spacial score (nSPS) is 11.9. The van der Waals surface area contributed by atoms with Crippen LogP contribution in [0.25, 0.3) is 0 Å². The molecule has 0 aromatic heterocycles. The van der Waals surface area contributed by atoms with Crippen molar-refractivity contribution in [3.63, 3.8) is 0 Å². The second kappa shape index (κ2) is 6.88. The summed E-state index contributed by atoms with van der Waals surface area (Å²) in [5.41, 5.74) is 6.40. The van der Waals surface area contributed by atoms with Crippen LogP contribution in [0.5, 0.6) is 5.75 Å². The number of ether oxygens (including phenoxy) is 1. The van der Waals surface area contributed by atoms with Crippen LogP contribution in [0.2, 0.25) is 0 Å². The van der Waals surface area contributed by atoms with Gasteiger partial charge in [0.05, 0.1) is 6.61 Å². The minimum atomic E-state index is -0.268. The average Bonchev–Trinajstić information content (AvgIpc) is 2.36. The number of nitrogens with two attached hydrogens (primary N) is 1. The molecule has 1 rings (SSSR count). The predicted octanol–water partition coefficient (Wildman–Crippen LogP) is 0.0211. The first kappa shape index (κ1) is 13.5. The molecule has 0 aliphatic carbocycles. The van der Waals surface area contributed by atoms with Crippen LogP contribution in [0, 0.1) is 0 Å². The first-order chi connectivity index (χ1) is 8.17. The Hall–Kier alpha value is -1.59. The number of carbonyl (C=O) groups is 1. The fourth-order valence-electron chi connectivity index (χ4n) is 1.32. The zero-order valence-corrected chi connectivity index (χ0v) is 9.85. The van der Waals surface area contributed by atoms with E-state index < -0.39 is 0 Å². The molecule has 0 unspecified atom stereocenters. The maximum atomic E-state index is 11.4. The van der Waals surface area contributed by atoms with Crippen molar-refractivity contribution in [2.75, 3.05) is 13.2 Å². The van der Waals surface area contributed by atoms with Crippen molar-refractivity contribution in [3.05, 3.63) is 29.8 Å². The van der Waals surface area contributed by atoms with E-state index in [1.165, 1.54) is 0 Å². The molecule has 94 valence electrons. The van der Waals surface area contributed by atoms with E-state index in [1.54, 1.807) is 13.0 Å². The van der Waals surface area contributed by atoms with Crippen molar-refractivity contribution in [3.8, 4) is 5.75 Å². The van der Waals surface area contributed by atoms with Crippen LogP contribution in [0.15, 0.2) is 24.3 Å². The van der Waals surface area contributed by atoms with Crippen LogP contribution < -0.4 is 15.8 Å². The highest BCUT2D eigenvalue weighted by Gasteiger charge is 2.08. The molecule has 1 amide bonds. The molecule has 0 aliphatic rings. The average molecular weight is 238 g/mol. The van der Waals surface area contributed by atoms with Gasteiger partial charge in [0.2, 0.25) is 0 Å². The van der Waals surface area contributed by atoms with Crippen LogP contribution in [-0.2, 0) is 11.3 Å². The van der Waals surface area contributed by atoms with Gasteiger partial charge in [0.1, 0.15) is 5.75 Å². The first-order valence-electron chi connectivity index (χ1n) is 5.48. The van der Waals surface area contributed by atoms with Crippen molar-refractivity contribution < 1.29 is 14.6 Å². The third kappa shape index (κ3) is 4.42. The Bertz CT molecular complexity index is 369. The maximum Gasteiger partial charge on any atom is 0.258 e. The summed E-state index contributed by atoms with van der Waals surface area (Å²) in [5.74, 6) is 0.347. The number of benzene rings is 1. The number of amides is 1. The minimum Gasteiger partial charge on any atom is -0.483 e. The van der Waals surface area contributed by atoms with E-state index in [9.17, 15) is 4.79 Å². The molecule has 4 N–H and O–H groups in total. The Labute approximate surface area is 101 Å². The van der Waals surface area contributed by atoms with E-state index in [4.69, 9.17) is 15.6 Å². The molecule has 0 heterocycles. The lowest BCUT2D eigenvalue weighted by atomic mass is 10.2. The number of aliphatic hydroxyl groups is 1. The van der Waals surface area contributed by atoms with Crippen molar-refractivity contribution in [1.29, 1.82) is 0 Å². The highest BCUT2D eigenvalue weighted by molar-refractivity contribution is 5.77. The third-order valence-corrected chi connectivity index (χ3v) is 2.23. The number of para-hydroxylation sites is 1. The second-order valence-electron chi connectivity index (χ2n) is 3.75. The Morgan fingerprint density at radius 3 is 2.88 bits per heavy atom. The molecule has 0 fully saturated rings. The Kier molecular flexibility index (Phi) is 5.45. The largest absolute Gasteiger partial charge is 0.483 e. The zero-order chi connectivity index (χ0) is 12.7. The highest BCUT2D eigenvalue weighted by Crippen LogP contribution is 2.16. The van der Waals surface area contributed by atoms with Crippen LogP contribution in [0.3, 0.4) is 0 Å². The lowest BCUT2D eigenvalue weighted by Gasteiger charge is -2.13. The van der Waals surface area contributed by atoms with Crippen LogP contribution in [0.4, 0.5) is 0 Å². The van der Waals surface area contributed by atoms with Crippen molar-refractivity contribution in [2.45, 2.75) is 19.5 Å². The van der Waals surface area contributed by atoms with Gasteiger partial charge >= 0.3 is 0 Å². The summed E-state index contributed by atoms with van der Waals surface area (Å²) in [5, 5.41) is 11.4. The minimum absolute atomic E-state index is 0.0820. The van der Waals surface area contributed by atoms with Gasteiger partial charge in [-0.15, -0.1) is 0 Å². The van der Waals surface area contributed by atoms with Crippen LogP contribution in [0.1, 0.15) is 12.5 Å². The molecule has 1 aromatic carbocycles. The van der Waals surface area contributed by atoms with Gasteiger partial charge in [-0.2, -0.15) is 0 Å². The van der Waals surface area contributed by atoms with E-state index in [0.29, 0.717) is 12.3 Å². The van der Waals surface area contributed by atoms with E-state index in [-0.39, 0.29) is 25.2 Å². The van der Waals surface area contributed by atoms with Crippen LogP contribution >= 0.6 is 0 Å². The lowest BCUT2D eigenvalue weighted by Crippen LogP contribution is -2.38. The number of aliphatic hydroxyl groups excluding tert-OH is 1. The Morgan fingerprint density at radius 1 is 1.53 bits per heavy atom. The molecular weight excluding hydrogens is 220 g/mol. The molecule has 17 heavy (non-hydrogen) atoms. The van der Waals surface area contributed by atoms with Gasteiger partial charge in [-0.3, -0.25) is 4.79 Å². The van der Waals surface area contributed by atoms with Gasteiger partial charge in [-0.25, -0.2) is 0 Å². The van der Waals surface area contributed by atoms with Gasteiger partial charge in [-0.1, -0.05) is 18.2 Å². The molecule has 1 atom stereocenters. The molecule has 5 heteroatoms. The number of nitrogens with one attached hydrogen (secondary N) is 1.